The van der Waals surface area contributed by atoms with Crippen LogP contribution in [0.4, 0.5) is 5.82 Å². The van der Waals surface area contributed by atoms with E-state index in [2.05, 4.69) is 27.1 Å². The van der Waals surface area contributed by atoms with E-state index in [1.54, 1.807) is 6.92 Å². The summed E-state index contributed by atoms with van der Waals surface area (Å²) in [6, 6.07) is 0.406. The molecule has 0 bridgehead atoms. The van der Waals surface area contributed by atoms with Crippen LogP contribution < -0.4 is 5.32 Å². The van der Waals surface area contributed by atoms with E-state index in [1.807, 2.05) is 0 Å². The Morgan fingerprint density at radius 3 is 2.70 bits per heavy atom. The Morgan fingerprint density at radius 1 is 1.35 bits per heavy atom. The summed E-state index contributed by atoms with van der Waals surface area (Å²) in [6.45, 7) is 6.99. The number of carbonyl (C=O) groups excluding carboxylic acids is 1. The molecule has 6 heteroatoms. The maximum atomic E-state index is 11.1. The molecule has 1 unspecified atom stereocenters. The molecule has 1 aromatic heterocycles. The molecule has 0 aromatic carbocycles. The van der Waals surface area contributed by atoms with Crippen LogP contribution in [0.25, 0.3) is 0 Å². The fourth-order valence-corrected chi connectivity index (χ4v) is 2.78. The first-order chi connectivity index (χ1) is 9.61. The molecule has 1 atom stereocenters. The molecule has 2 rings (SSSR count). The summed E-state index contributed by atoms with van der Waals surface area (Å²) < 4.78 is 0. The van der Waals surface area contributed by atoms with E-state index in [0.717, 1.165) is 19.6 Å². The summed E-state index contributed by atoms with van der Waals surface area (Å²) >= 11 is 5.97. The van der Waals surface area contributed by atoms with Crippen molar-refractivity contribution in [3.63, 3.8) is 0 Å². The number of carbonyl (C=O) groups is 1. The second kappa shape index (κ2) is 6.99. The van der Waals surface area contributed by atoms with Crippen molar-refractivity contribution in [2.45, 2.75) is 39.2 Å². The summed E-state index contributed by atoms with van der Waals surface area (Å²) in [5.74, 6) is 1.09. The van der Waals surface area contributed by atoms with Gasteiger partial charge in [0, 0.05) is 12.6 Å². The quantitative estimate of drug-likeness (QED) is 0.668. The lowest BCUT2D eigenvalue weighted by molar-refractivity contribution is 0.112. The van der Waals surface area contributed by atoms with Gasteiger partial charge in [-0.3, -0.25) is 9.69 Å². The van der Waals surface area contributed by atoms with Crippen LogP contribution in [0, 0.1) is 6.92 Å². The van der Waals surface area contributed by atoms with Gasteiger partial charge < -0.3 is 5.32 Å². The highest BCUT2D eigenvalue weighted by atomic mass is 35.5. The van der Waals surface area contributed by atoms with Crippen molar-refractivity contribution in [2.24, 2.45) is 0 Å². The highest BCUT2D eigenvalue weighted by Crippen LogP contribution is 2.19. The minimum atomic E-state index is 0.209. The van der Waals surface area contributed by atoms with Crippen LogP contribution in [-0.4, -0.2) is 46.8 Å². The van der Waals surface area contributed by atoms with Gasteiger partial charge in [0.2, 0.25) is 0 Å². The van der Waals surface area contributed by atoms with Crippen LogP contribution in [0.3, 0.4) is 0 Å². The molecule has 1 aliphatic rings. The van der Waals surface area contributed by atoms with Crippen LogP contribution in [0.15, 0.2) is 0 Å². The fourth-order valence-electron chi connectivity index (χ4n) is 2.52. The Morgan fingerprint density at radius 2 is 2.05 bits per heavy atom. The Hall–Kier alpha value is -1.20. The molecule has 110 valence electrons. The average molecular weight is 297 g/mol. The number of anilines is 1. The SMILES string of the molecule is Cc1nc(Cl)c(C=O)c(NCC(C)N2CCCCC2)n1. The Bertz CT molecular complexity index is 474. The summed E-state index contributed by atoms with van der Waals surface area (Å²) in [5, 5.41) is 3.44. The lowest BCUT2D eigenvalue weighted by Crippen LogP contribution is -2.41. The summed E-state index contributed by atoms with van der Waals surface area (Å²) in [5.41, 5.74) is 0.336. The van der Waals surface area contributed by atoms with Crippen LogP contribution in [-0.2, 0) is 0 Å². The molecule has 1 aromatic rings. The minimum absolute atomic E-state index is 0.209. The number of nitrogens with zero attached hydrogens (tertiary/aromatic N) is 3. The van der Waals surface area contributed by atoms with Gasteiger partial charge >= 0.3 is 0 Å². The first-order valence-corrected chi connectivity index (χ1v) is 7.47. The number of likely N-dealkylation sites (tertiary alicyclic amines) is 1. The van der Waals surface area contributed by atoms with Crippen LogP contribution in [0.5, 0.6) is 0 Å². The topological polar surface area (TPSA) is 58.1 Å². The summed E-state index contributed by atoms with van der Waals surface area (Å²) in [4.78, 5) is 21.8. The smallest absolute Gasteiger partial charge is 0.156 e. The minimum Gasteiger partial charge on any atom is -0.368 e. The molecule has 0 aliphatic carbocycles. The normalized spacial score (nSPS) is 17.8. The van der Waals surface area contributed by atoms with Gasteiger partial charge in [0.1, 0.15) is 16.8 Å². The molecule has 1 N–H and O–H groups in total. The number of rotatable bonds is 5. The third-order valence-electron chi connectivity index (χ3n) is 3.71. The van der Waals surface area contributed by atoms with Gasteiger partial charge in [-0.15, -0.1) is 0 Å². The first-order valence-electron chi connectivity index (χ1n) is 7.09. The number of nitrogens with one attached hydrogen (secondary N) is 1. The summed E-state index contributed by atoms with van der Waals surface area (Å²) in [7, 11) is 0. The first kappa shape index (κ1) is 15.2. The van der Waals surface area contributed by atoms with Crippen molar-refractivity contribution in [3.8, 4) is 0 Å². The van der Waals surface area contributed by atoms with Crippen molar-refractivity contribution < 1.29 is 4.79 Å². The molecule has 5 nitrogen and oxygen atoms in total. The Kier molecular flexibility index (Phi) is 5.31. The Balaban J connectivity index is 2.01. The molecule has 0 spiro atoms. The van der Waals surface area contributed by atoms with Crippen molar-refractivity contribution in [3.05, 3.63) is 16.5 Å². The molecular formula is C14H21ClN4O. The molecule has 1 saturated heterocycles. The van der Waals surface area contributed by atoms with Gasteiger partial charge in [0.25, 0.3) is 0 Å². The fraction of sp³-hybridized carbons (Fsp3) is 0.643. The molecule has 0 amide bonds. The maximum Gasteiger partial charge on any atom is 0.156 e. The van der Waals surface area contributed by atoms with E-state index in [4.69, 9.17) is 11.6 Å². The van der Waals surface area contributed by atoms with Crippen molar-refractivity contribution in [2.75, 3.05) is 25.0 Å². The number of aldehydes is 1. The Labute approximate surface area is 124 Å². The predicted octanol–water partition coefficient (Wildman–Crippen LogP) is 2.54. The standard InChI is InChI=1S/C14H21ClN4O/c1-10(19-6-4-3-5-7-19)8-16-14-12(9-20)13(15)17-11(2)18-14/h9-10H,3-8H2,1-2H3,(H,16,17,18). The number of aromatic nitrogens is 2. The monoisotopic (exact) mass is 296 g/mol. The molecule has 0 radical (unpaired) electrons. The van der Waals surface area contributed by atoms with Gasteiger partial charge in [0.05, 0.1) is 5.56 Å². The molecule has 1 fully saturated rings. The number of piperidine rings is 1. The second-order valence-corrected chi connectivity index (χ2v) is 5.63. The van der Waals surface area contributed by atoms with Crippen molar-refractivity contribution >= 4 is 23.7 Å². The van der Waals surface area contributed by atoms with E-state index in [1.165, 1.54) is 19.3 Å². The largest absolute Gasteiger partial charge is 0.368 e. The predicted molar refractivity (Wildman–Crippen MR) is 80.5 cm³/mol. The second-order valence-electron chi connectivity index (χ2n) is 5.27. The van der Waals surface area contributed by atoms with Crippen LogP contribution in [0.2, 0.25) is 5.15 Å². The van der Waals surface area contributed by atoms with E-state index in [-0.39, 0.29) is 5.15 Å². The zero-order valence-electron chi connectivity index (χ0n) is 12.0. The lowest BCUT2D eigenvalue weighted by Gasteiger charge is -2.32. The summed E-state index contributed by atoms with van der Waals surface area (Å²) in [6.07, 6.45) is 4.56. The third kappa shape index (κ3) is 3.67. The van der Waals surface area contributed by atoms with E-state index < -0.39 is 0 Å². The number of hydrogen-bond donors (Lipinski definition) is 1. The zero-order chi connectivity index (χ0) is 14.5. The molecule has 20 heavy (non-hydrogen) atoms. The van der Waals surface area contributed by atoms with Crippen molar-refractivity contribution in [1.29, 1.82) is 0 Å². The highest BCUT2D eigenvalue weighted by Gasteiger charge is 2.17. The maximum absolute atomic E-state index is 11.1. The van der Waals surface area contributed by atoms with Crippen LogP contribution in [0.1, 0.15) is 42.4 Å². The molecule has 2 heterocycles. The van der Waals surface area contributed by atoms with E-state index >= 15 is 0 Å². The van der Waals surface area contributed by atoms with Gasteiger partial charge in [0.15, 0.2) is 6.29 Å². The zero-order valence-corrected chi connectivity index (χ0v) is 12.8. The van der Waals surface area contributed by atoms with E-state index in [9.17, 15) is 4.79 Å². The van der Waals surface area contributed by atoms with Gasteiger partial charge in [-0.25, -0.2) is 9.97 Å². The lowest BCUT2D eigenvalue weighted by atomic mass is 10.1. The van der Waals surface area contributed by atoms with Crippen LogP contribution >= 0.6 is 11.6 Å². The van der Waals surface area contributed by atoms with Crippen molar-refractivity contribution in [1.82, 2.24) is 14.9 Å². The van der Waals surface area contributed by atoms with E-state index in [0.29, 0.717) is 29.5 Å². The highest BCUT2D eigenvalue weighted by molar-refractivity contribution is 6.32. The molecular weight excluding hydrogens is 276 g/mol. The van der Waals surface area contributed by atoms with Gasteiger partial charge in [-0.1, -0.05) is 18.0 Å². The van der Waals surface area contributed by atoms with Gasteiger partial charge in [-0.2, -0.15) is 0 Å². The third-order valence-corrected chi connectivity index (χ3v) is 4.00. The number of halogens is 1. The molecule has 1 aliphatic heterocycles. The van der Waals surface area contributed by atoms with Gasteiger partial charge in [-0.05, 0) is 39.8 Å². The average Bonchev–Trinajstić information content (AvgIpc) is 2.45. The molecule has 0 saturated carbocycles. The number of aryl methyl sites for hydroxylation is 1. The number of hydrogen-bond acceptors (Lipinski definition) is 5.